The fourth-order valence-corrected chi connectivity index (χ4v) is 3.70. The van der Waals surface area contributed by atoms with Crippen LogP contribution in [0.15, 0.2) is 18.2 Å². The van der Waals surface area contributed by atoms with Gasteiger partial charge < -0.3 is 19.9 Å². The van der Waals surface area contributed by atoms with E-state index in [2.05, 4.69) is 43.1 Å². The first-order valence-electron chi connectivity index (χ1n) is 11.2. The fraction of sp³-hybridized carbons (Fsp3) is 0.667. The lowest BCUT2D eigenvalue weighted by molar-refractivity contribution is -0.132. The van der Waals surface area contributed by atoms with E-state index in [1.807, 2.05) is 18.0 Å². The molecule has 1 aliphatic heterocycles. The van der Waals surface area contributed by atoms with E-state index in [0.717, 1.165) is 70.8 Å². The molecule has 0 radical (unpaired) electrons. The Bertz CT molecular complexity index is 662. The molecule has 0 spiro atoms. The number of benzene rings is 1. The predicted molar refractivity (Wildman–Crippen MR) is 123 cm³/mol. The van der Waals surface area contributed by atoms with E-state index in [9.17, 15) is 4.79 Å². The summed E-state index contributed by atoms with van der Waals surface area (Å²) in [6.45, 7) is 13.7. The van der Waals surface area contributed by atoms with Crippen molar-refractivity contribution in [1.29, 1.82) is 5.26 Å². The van der Waals surface area contributed by atoms with Crippen molar-refractivity contribution in [2.24, 2.45) is 0 Å². The molecule has 1 atom stereocenters. The number of nitrogens with one attached hydrogen (secondary N) is 1. The van der Waals surface area contributed by atoms with Gasteiger partial charge in [-0.25, -0.2) is 0 Å². The second kappa shape index (κ2) is 14.8. The largest absolute Gasteiger partial charge is 0.494 e. The number of nitriles is 1. The normalized spacial score (nSPS) is 14.1. The number of carbonyl (C=O) groups is 1. The van der Waals surface area contributed by atoms with Crippen molar-refractivity contribution in [2.75, 3.05) is 46.4 Å². The van der Waals surface area contributed by atoms with Gasteiger partial charge in [-0.1, -0.05) is 19.9 Å². The molecule has 0 bridgehead atoms. The molecular weight excluding hydrogens is 376 g/mol. The van der Waals surface area contributed by atoms with E-state index < -0.39 is 0 Å². The molecule has 30 heavy (non-hydrogen) atoms. The molecule has 1 aromatic carbocycles. The first-order valence-corrected chi connectivity index (χ1v) is 11.2. The number of aryl methyl sites for hydroxylation is 1. The van der Waals surface area contributed by atoms with E-state index in [0.29, 0.717) is 0 Å². The Labute approximate surface area is 183 Å². The molecule has 1 saturated heterocycles. The van der Waals surface area contributed by atoms with Crippen LogP contribution in [-0.4, -0.2) is 68.1 Å². The molecule has 1 aromatic rings. The van der Waals surface area contributed by atoms with Crippen LogP contribution in [0.3, 0.4) is 0 Å². The third kappa shape index (κ3) is 8.73. The summed E-state index contributed by atoms with van der Waals surface area (Å²) >= 11 is 0. The summed E-state index contributed by atoms with van der Waals surface area (Å²) < 4.78 is 5.92. The van der Waals surface area contributed by atoms with Gasteiger partial charge in [0.25, 0.3) is 0 Å². The van der Waals surface area contributed by atoms with Crippen molar-refractivity contribution < 1.29 is 9.53 Å². The third-order valence-electron chi connectivity index (χ3n) is 5.58. The summed E-state index contributed by atoms with van der Waals surface area (Å²) in [5.74, 6) is 1.15. The Kier molecular flexibility index (Phi) is 12.8. The molecule has 1 heterocycles. The Morgan fingerprint density at radius 1 is 1.30 bits per heavy atom. The standard InChI is InChI=1S/C22H37N3O2.C2H3N/c1-5-24(6-2)12-9-15-27-20-11-10-19(18(3)16-20)17-21(23-4)22(26)25-13-7-8-14-25;1-2-3/h10-11,16,21,23H,5-9,12-15,17H2,1-4H3;1H3/t21-;/m0./s1. The number of likely N-dealkylation sites (tertiary alicyclic amines) is 1. The van der Waals surface area contributed by atoms with Crippen molar-refractivity contribution in [3.8, 4) is 11.8 Å². The molecule has 6 nitrogen and oxygen atoms in total. The molecule has 1 N–H and O–H groups in total. The predicted octanol–water partition coefficient (Wildman–Crippen LogP) is 3.39. The Morgan fingerprint density at radius 2 is 1.93 bits per heavy atom. The molecule has 2 rings (SSSR count). The van der Waals surface area contributed by atoms with Gasteiger partial charge in [-0.3, -0.25) is 4.79 Å². The highest BCUT2D eigenvalue weighted by atomic mass is 16.5. The van der Waals surface area contributed by atoms with Gasteiger partial charge in [0.1, 0.15) is 5.75 Å². The van der Waals surface area contributed by atoms with Crippen molar-refractivity contribution in [2.45, 2.75) is 59.4 Å². The lowest BCUT2D eigenvalue weighted by atomic mass is 10.00. The van der Waals surface area contributed by atoms with Crippen molar-refractivity contribution in [1.82, 2.24) is 15.1 Å². The van der Waals surface area contributed by atoms with Crippen molar-refractivity contribution in [3.63, 3.8) is 0 Å². The van der Waals surface area contributed by atoms with E-state index >= 15 is 0 Å². The topological polar surface area (TPSA) is 68.6 Å². The van der Waals surface area contributed by atoms with Crippen molar-refractivity contribution >= 4 is 5.91 Å². The first-order chi connectivity index (χ1) is 14.5. The number of hydrogen-bond donors (Lipinski definition) is 1. The Morgan fingerprint density at radius 3 is 2.47 bits per heavy atom. The van der Waals surface area contributed by atoms with E-state index in [4.69, 9.17) is 10.00 Å². The molecule has 0 aromatic heterocycles. The van der Waals surface area contributed by atoms with Crippen LogP contribution in [0.25, 0.3) is 0 Å². The minimum atomic E-state index is -0.150. The van der Waals surface area contributed by atoms with Crippen LogP contribution in [0.4, 0.5) is 0 Å². The molecule has 1 amide bonds. The minimum absolute atomic E-state index is 0.150. The van der Waals surface area contributed by atoms with Gasteiger partial charge in [0.2, 0.25) is 5.91 Å². The quantitative estimate of drug-likeness (QED) is 0.560. The summed E-state index contributed by atoms with van der Waals surface area (Å²) in [5, 5.41) is 10.5. The molecule has 6 heteroatoms. The molecule has 1 fully saturated rings. The highest BCUT2D eigenvalue weighted by Crippen LogP contribution is 2.20. The van der Waals surface area contributed by atoms with Crippen LogP contribution in [0, 0.1) is 18.3 Å². The number of amides is 1. The number of nitrogens with zero attached hydrogens (tertiary/aromatic N) is 3. The van der Waals surface area contributed by atoms with Crippen LogP contribution in [0.1, 0.15) is 51.2 Å². The SMILES string of the molecule is CC#N.CCN(CC)CCCOc1ccc(C[C@H](NC)C(=O)N2CCCC2)c(C)c1. The highest BCUT2D eigenvalue weighted by Gasteiger charge is 2.25. The number of likely N-dealkylation sites (N-methyl/N-ethyl adjacent to an activating group) is 1. The summed E-state index contributed by atoms with van der Waals surface area (Å²) in [7, 11) is 1.88. The highest BCUT2D eigenvalue weighted by molar-refractivity contribution is 5.82. The zero-order chi connectivity index (χ0) is 22.4. The van der Waals surface area contributed by atoms with Crippen LogP contribution >= 0.6 is 0 Å². The van der Waals surface area contributed by atoms with Gasteiger partial charge in [0.05, 0.1) is 18.7 Å². The van der Waals surface area contributed by atoms with E-state index in [1.165, 1.54) is 18.1 Å². The second-order valence-corrected chi connectivity index (χ2v) is 7.62. The summed E-state index contributed by atoms with van der Waals surface area (Å²) in [6, 6.07) is 7.84. The van der Waals surface area contributed by atoms with Gasteiger partial charge >= 0.3 is 0 Å². The number of carbonyl (C=O) groups excluding carboxylic acids is 1. The smallest absolute Gasteiger partial charge is 0.240 e. The maximum Gasteiger partial charge on any atom is 0.240 e. The lowest BCUT2D eigenvalue weighted by Crippen LogP contribution is -2.45. The average molecular weight is 417 g/mol. The van der Waals surface area contributed by atoms with Crippen LogP contribution < -0.4 is 10.1 Å². The zero-order valence-electron chi connectivity index (χ0n) is 19.5. The summed E-state index contributed by atoms with van der Waals surface area (Å²) in [5.41, 5.74) is 2.39. The molecule has 1 aliphatic rings. The first kappa shape index (κ1) is 25.9. The fourth-order valence-electron chi connectivity index (χ4n) is 3.70. The van der Waals surface area contributed by atoms with E-state index in [1.54, 1.807) is 6.07 Å². The summed E-state index contributed by atoms with van der Waals surface area (Å²) in [4.78, 5) is 17.1. The second-order valence-electron chi connectivity index (χ2n) is 7.62. The Hall–Kier alpha value is -2.10. The van der Waals surface area contributed by atoms with Gasteiger partial charge in [-0.15, -0.1) is 0 Å². The van der Waals surface area contributed by atoms with Gasteiger partial charge in [0.15, 0.2) is 0 Å². The maximum absolute atomic E-state index is 12.7. The van der Waals surface area contributed by atoms with Gasteiger partial charge in [-0.05, 0) is 76.0 Å². The monoisotopic (exact) mass is 416 g/mol. The minimum Gasteiger partial charge on any atom is -0.494 e. The molecule has 0 aliphatic carbocycles. The van der Waals surface area contributed by atoms with Crippen LogP contribution in [-0.2, 0) is 11.2 Å². The number of ether oxygens (including phenoxy) is 1. The van der Waals surface area contributed by atoms with Crippen LogP contribution in [0.5, 0.6) is 5.75 Å². The lowest BCUT2D eigenvalue weighted by Gasteiger charge is -2.23. The van der Waals surface area contributed by atoms with Gasteiger partial charge in [0, 0.05) is 26.6 Å². The number of hydrogen-bond acceptors (Lipinski definition) is 5. The zero-order valence-corrected chi connectivity index (χ0v) is 19.5. The summed E-state index contributed by atoms with van der Waals surface area (Å²) in [6.07, 6.45) is 4.01. The molecule has 0 unspecified atom stereocenters. The van der Waals surface area contributed by atoms with Gasteiger partial charge in [-0.2, -0.15) is 5.26 Å². The Balaban J connectivity index is 0.00000141. The van der Waals surface area contributed by atoms with Crippen LogP contribution in [0.2, 0.25) is 0 Å². The number of rotatable bonds is 11. The third-order valence-corrected chi connectivity index (χ3v) is 5.58. The average Bonchev–Trinajstić information content (AvgIpc) is 3.28. The molecule has 0 saturated carbocycles. The molecular formula is C24H40N4O2. The van der Waals surface area contributed by atoms with E-state index in [-0.39, 0.29) is 11.9 Å². The maximum atomic E-state index is 12.7. The molecule has 168 valence electrons. The van der Waals surface area contributed by atoms with Crippen molar-refractivity contribution in [3.05, 3.63) is 29.3 Å².